The Hall–Kier alpha value is 0.540. The van der Waals surface area contributed by atoms with Crippen LogP contribution in [0.5, 0.6) is 0 Å². The molecular weight excluding hydrogens is 253 g/mol. The fourth-order valence-electron chi connectivity index (χ4n) is 1.95. The Bertz CT molecular complexity index is 142. The molecule has 0 aliphatic carbocycles. The lowest BCUT2D eigenvalue weighted by Crippen LogP contribution is -2.25. The Balaban J connectivity index is 3.02. The second kappa shape index (κ2) is 14.6. The molecule has 0 aliphatic heterocycles. The van der Waals surface area contributed by atoms with Crippen LogP contribution in [0, 0.1) is 0 Å². The highest BCUT2D eigenvalue weighted by molar-refractivity contribution is 6.20. The van der Waals surface area contributed by atoms with Gasteiger partial charge in [0.05, 0.1) is 5.50 Å². The van der Waals surface area contributed by atoms with Crippen LogP contribution in [0.3, 0.4) is 0 Å². The van der Waals surface area contributed by atoms with Crippen LogP contribution in [-0.4, -0.2) is 17.9 Å². The van der Waals surface area contributed by atoms with E-state index >= 15 is 0 Å². The highest BCUT2D eigenvalue weighted by Gasteiger charge is 2.01. The lowest BCUT2D eigenvalue weighted by Gasteiger charge is -2.10. The van der Waals surface area contributed by atoms with Crippen LogP contribution in [0.2, 0.25) is 0 Å². The van der Waals surface area contributed by atoms with Gasteiger partial charge in [-0.05, 0) is 6.42 Å². The maximum atomic E-state index is 6.09. The summed E-state index contributed by atoms with van der Waals surface area (Å²) in [4.78, 5) is 0. The molecule has 1 N–H and O–H groups in total. The first-order valence-corrected chi connectivity index (χ1v) is 8.21. The van der Waals surface area contributed by atoms with Crippen molar-refractivity contribution in [2.24, 2.45) is 0 Å². The predicted octanol–water partition coefficient (Wildman–Crippen LogP) is 5.30. The fraction of sp³-hybridized carbons (Fsp3) is 1.00. The number of hydrogen-bond donors (Lipinski definition) is 1. The summed E-state index contributed by atoms with van der Waals surface area (Å²) in [5.74, 6) is 0.640. The average Bonchev–Trinajstić information content (AvgIpc) is 2.34. The van der Waals surface area contributed by atoms with Gasteiger partial charge in [-0.15, -0.1) is 23.2 Å². The lowest BCUT2D eigenvalue weighted by atomic mass is 10.1. The van der Waals surface area contributed by atoms with Crippen LogP contribution >= 0.6 is 23.2 Å². The highest BCUT2D eigenvalue weighted by Crippen LogP contribution is 2.12. The van der Waals surface area contributed by atoms with E-state index in [1.165, 1.54) is 57.8 Å². The molecule has 1 nitrogen and oxygen atoms in total. The van der Waals surface area contributed by atoms with E-state index in [2.05, 4.69) is 12.2 Å². The van der Waals surface area contributed by atoms with Gasteiger partial charge in [-0.1, -0.05) is 64.7 Å². The van der Waals surface area contributed by atoms with Crippen LogP contribution < -0.4 is 5.32 Å². The topological polar surface area (TPSA) is 12.0 Å². The Labute approximate surface area is 118 Å². The smallest absolute Gasteiger partial charge is 0.0825 e. The van der Waals surface area contributed by atoms with Crippen molar-refractivity contribution in [1.29, 1.82) is 0 Å². The summed E-state index contributed by atoms with van der Waals surface area (Å²) in [5, 5.41) is 3.19. The van der Waals surface area contributed by atoms with Gasteiger partial charge in [-0.25, -0.2) is 0 Å². The van der Waals surface area contributed by atoms with Crippen molar-refractivity contribution in [2.75, 3.05) is 12.4 Å². The zero-order chi connectivity index (χ0) is 12.8. The number of hydrogen-bond acceptors (Lipinski definition) is 1. The summed E-state index contributed by atoms with van der Waals surface area (Å²) in [6, 6.07) is 0. The van der Waals surface area contributed by atoms with Crippen molar-refractivity contribution < 1.29 is 0 Å². The molecular formula is C14H29Cl2N. The van der Waals surface area contributed by atoms with Gasteiger partial charge in [0.2, 0.25) is 0 Å². The third-order valence-electron chi connectivity index (χ3n) is 3.02. The molecule has 0 radical (unpaired) electrons. The molecule has 1 atom stereocenters. The number of unbranched alkanes of at least 4 members (excludes halogenated alkanes) is 8. The molecule has 0 saturated carbocycles. The number of rotatable bonds is 13. The van der Waals surface area contributed by atoms with Gasteiger partial charge >= 0.3 is 0 Å². The van der Waals surface area contributed by atoms with Gasteiger partial charge < -0.3 is 5.32 Å². The van der Waals surface area contributed by atoms with E-state index in [-0.39, 0.29) is 5.50 Å². The van der Waals surface area contributed by atoms with E-state index in [0.29, 0.717) is 5.88 Å². The maximum absolute atomic E-state index is 6.09. The molecule has 1 unspecified atom stereocenters. The second-order valence-corrected chi connectivity index (χ2v) is 5.63. The number of alkyl halides is 2. The van der Waals surface area contributed by atoms with E-state index in [9.17, 15) is 0 Å². The van der Waals surface area contributed by atoms with Crippen molar-refractivity contribution >= 4 is 23.2 Å². The van der Waals surface area contributed by atoms with Crippen molar-refractivity contribution in [3.05, 3.63) is 0 Å². The van der Waals surface area contributed by atoms with E-state index in [0.717, 1.165) is 13.0 Å². The molecule has 0 aromatic carbocycles. The van der Waals surface area contributed by atoms with E-state index < -0.39 is 0 Å². The minimum absolute atomic E-state index is 0.110. The van der Waals surface area contributed by atoms with Crippen LogP contribution in [0.25, 0.3) is 0 Å². The first kappa shape index (κ1) is 17.5. The summed E-state index contributed by atoms with van der Waals surface area (Å²) < 4.78 is 0. The predicted molar refractivity (Wildman–Crippen MR) is 80.2 cm³/mol. The first-order chi connectivity index (χ1) is 8.31. The average molecular weight is 282 g/mol. The second-order valence-electron chi connectivity index (χ2n) is 4.73. The number of nitrogens with one attached hydrogen (secondary N) is 1. The summed E-state index contributed by atoms with van der Waals surface area (Å²) in [7, 11) is 0. The van der Waals surface area contributed by atoms with Crippen LogP contribution in [0.1, 0.15) is 71.1 Å². The zero-order valence-corrected chi connectivity index (χ0v) is 12.8. The summed E-state index contributed by atoms with van der Waals surface area (Å²) in [6.07, 6.45) is 13.4. The molecule has 0 aliphatic rings. The van der Waals surface area contributed by atoms with Gasteiger partial charge in [0.25, 0.3) is 0 Å². The molecule has 0 heterocycles. The largest absolute Gasteiger partial charge is 0.300 e. The normalized spacial score (nSPS) is 12.9. The molecule has 0 aromatic heterocycles. The molecule has 0 amide bonds. The summed E-state index contributed by atoms with van der Waals surface area (Å²) in [5.41, 5.74) is 0.110. The Morgan fingerprint density at radius 1 is 0.882 bits per heavy atom. The van der Waals surface area contributed by atoms with Gasteiger partial charge in [0.15, 0.2) is 0 Å². The standard InChI is InChI=1S/C14H29Cl2N/c1-2-3-4-5-6-7-8-9-10-11-14(16)17-13-12-15/h14,17H,2-13H2,1H3. The van der Waals surface area contributed by atoms with E-state index in [1.807, 2.05) is 0 Å². The van der Waals surface area contributed by atoms with Gasteiger partial charge in [0.1, 0.15) is 0 Å². The van der Waals surface area contributed by atoms with Crippen LogP contribution in [0.4, 0.5) is 0 Å². The highest BCUT2D eigenvalue weighted by atomic mass is 35.5. The van der Waals surface area contributed by atoms with Gasteiger partial charge in [0, 0.05) is 12.4 Å². The molecule has 3 heteroatoms. The van der Waals surface area contributed by atoms with Crippen LogP contribution in [0.15, 0.2) is 0 Å². The zero-order valence-electron chi connectivity index (χ0n) is 11.3. The molecule has 104 valence electrons. The summed E-state index contributed by atoms with van der Waals surface area (Å²) >= 11 is 11.7. The van der Waals surface area contributed by atoms with E-state index in [4.69, 9.17) is 23.2 Å². The molecule has 0 rings (SSSR count). The van der Waals surface area contributed by atoms with E-state index in [1.54, 1.807) is 0 Å². The first-order valence-electron chi connectivity index (χ1n) is 7.24. The molecule has 0 saturated heterocycles. The maximum Gasteiger partial charge on any atom is 0.0825 e. The lowest BCUT2D eigenvalue weighted by molar-refractivity contribution is 0.533. The van der Waals surface area contributed by atoms with Gasteiger partial charge in [-0.2, -0.15) is 0 Å². The van der Waals surface area contributed by atoms with Gasteiger partial charge in [-0.3, -0.25) is 0 Å². The third kappa shape index (κ3) is 14.5. The molecule has 17 heavy (non-hydrogen) atoms. The molecule has 0 fully saturated rings. The van der Waals surface area contributed by atoms with Crippen molar-refractivity contribution in [3.8, 4) is 0 Å². The summed E-state index contributed by atoms with van der Waals surface area (Å²) in [6.45, 7) is 3.08. The minimum atomic E-state index is 0.110. The van der Waals surface area contributed by atoms with Crippen molar-refractivity contribution in [2.45, 2.75) is 76.6 Å². The third-order valence-corrected chi connectivity index (χ3v) is 3.58. The quantitative estimate of drug-likeness (QED) is 0.274. The minimum Gasteiger partial charge on any atom is -0.300 e. The van der Waals surface area contributed by atoms with Crippen molar-refractivity contribution in [3.63, 3.8) is 0 Å². The van der Waals surface area contributed by atoms with Crippen molar-refractivity contribution in [1.82, 2.24) is 5.32 Å². The monoisotopic (exact) mass is 281 g/mol. The molecule has 0 aromatic rings. The number of halogens is 2. The van der Waals surface area contributed by atoms with Crippen LogP contribution in [-0.2, 0) is 0 Å². The Morgan fingerprint density at radius 2 is 1.41 bits per heavy atom. The SMILES string of the molecule is CCCCCCCCCCCC(Cl)NCCCl. The molecule has 0 bridgehead atoms. The molecule has 0 spiro atoms. The fourth-order valence-corrected chi connectivity index (χ4v) is 2.32. The Kier molecular flexibility index (Phi) is 15.1. The Morgan fingerprint density at radius 3 is 1.94 bits per heavy atom.